The minimum atomic E-state index is 1.16. The van der Waals surface area contributed by atoms with Crippen molar-refractivity contribution in [3.8, 4) is 0 Å². The largest absolute Gasteiger partial charge is 0.308 e. The zero-order valence-electron chi connectivity index (χ0n) is 49.1. The fourth-order valence-corrected chi connectivity index (χ4v) is 16.6. The number of hydrogen-bond acceptors (Lipinski definition) is 8. The smallest absolute Gasteiger partial charge is 0.0627 e. The van der Waals surface area contributed by atoms with Crippen LogP contribution in [0.3, 0.4) is 0 Å². The topological polar surface area (TPSA) is 13.0 Å². The average Bonchev–Trinajstić information content (AvgIpc) is 2.07. The molecule has 0 aliphatic rings. The maximum absolute atomic E-state index is 2.64. The van der Waals surface area contributed by atoms with E-state index in [0.717, 1.165) is 22.7 Å². The molecule has 0 radical (unpaired) electrons. The number of hydrogen-bond donors (Lipinski definition) is 0. The van der Waals surface area contributed by atoms with Crippen LogP contribution in [0.4, 0.5) is 68.2 Å². The zero-order valence-corrected chi connectivity index (χ0v) is 52.4. The van der Waals surface area contributed by atoms with Crippen LogP contribution in [0.1, 0.15) is 86.3 Å². The van der Waals surface area contributed by atoms with Crippen molar-refractivity contribution in [3.05, 3.63) is 217 Å². The first-order valence-corrected chi connectivity index (χ1v) is 31.3. The molecule has 8 aromatic carbocycles. The molecule has 0 unspecified atom stereocenters. The van der Waals surface area contributed by atoms with Gasteiger partial charge >= 0.3 is 0 Å². The Morgan fingerprint density at radius 2 is 0.412 bits per heavy atom. The van der Waals surface area contributed by atoms with E-state index < -0.39 is 0 Å². The van der Waals surface area contributed by atoms with E-state index in [4.69, 9.17) is 0 Å². The quantitative estimate of drug-likeness (QED) is 0.113. The van der Waals surface area contributed by atoms with Gasteiger partial charge in [-0.15, -0.1) is 45.3 Å². The Kier molecular flexibility index (Phi) is 13.6. The third-order valence-corrected chi connectivity index (χ3v) is 20.9. The molecule has 0 amide bonds. The molecule has 0 bridgehead atoms. The fourth-order valence-electron chi connectivity index (χ4n) is 13.3. The second kappa shape index (κ2) is 20.4. The van der Waals surface area contributed by atoms with Gasteiger partial charge in [-0.2, -0.15) is 0 Å². The minimum Gasteiger partial charge on any atom is -0.308 e. The molecule has 4 aromatic heterocycles. The van der Waals surface area contributed by atoms with Crippen LogP contribution in [-0.2, 0) is 0 Å². The molecule has 402 valence electrons. The Morgan fingerprint density at radius 3 is 0.575 bits per heavy atom. The highest BCUT2D eigenvalue weighted by Gasteiger charge is 2.34. The SMILES string of the molecule is Cc1cccc(C)c1N(c1c(C)csc1C)c1cc(N(c2c(C)cccc2C)c2c(C)csc2C)c2ccc3c(N(c4c(C)cccc4C)c4c(C)csc4C)cc(N(c4c(C)cccc4C)c4c(C)csc4C)c4ccc1c2c43. The monoisotopic (exact) mass is 1120 g/mol. The number of para-hydroxylation sites is 4. The lowest BCUT2D eigenvalue weighted by Gasteiger charge is -2.37. The molecule has 0 saturated carbocycles. The molecule has 0 saturated heterocycles. The van der Waals surface area contributed by atoms with Crippen molar-refractivity contribution in [1.29, 1.82) is 0 Å². The van der Waals surface area contributed by atoms with Gasteiger partial charge in [-0.25, -0.2) is 0 Å². The van der Waals surface area contributed by atoms with Crippen molar-refractivity contribution in [2.24, 2.45) is 0 Å². The molecule has 4 nitrogen and oxygen atoms in total. The van der Waals surface area contributed by atoms with Crippen molar-refractivity contribution in [1.82, 2.24) is 0 Å². The van der Waals surface area contributed by atoms with Crippen LogP contribution in [0.25, 0.3) is 32.3 Å². The third-order valence-electron chi connectivity index (χ3n) is 16.8. The van der Waals surface area contributed by atoms with Crippen molar-refractivity contribution >= 4 is 146 Å². The van der Waals surface area contributed by atoms with Gasteiger partial charge < -0.3 is 19.6 Å². The molecular weight excluding hydrogens is 1050 g/mol. The van der Waals surface area contributed by atoms with Crippen LogP contribution in [0.5, 0.6) is 0 Å². The van der Waals surface area contributed by atoms with E-state index in [2.05, 4.69) is 261 Å². The highest BCUT2D eigenvalue weighted by molar-refractivity contribution is 7.11. The van der Waals surface area contributed by atoms with Gasteiger partial charge in [-0.3, -0.25) is 0 Å². The molecule has 0 aliphatic carbocycles. The summed E-state index contributed by atoms with van der Waals surface area (Å²) in [5.41, 5.74) is 29.4. The predicted molar refractivity (Wildman–Crippen MR) is 356 cm³/mol. The summed E-state index contributed by atoms with van der Waals surface area (Å²) in [5.74, 6) is 0. The normalized spacial score (nSPS) is 11.8. The molecule has 0 N–H and O–H groups in total. The Morgan fingerprint density at radius 1 is 0.225 bits per heavy atom. The Bertz CT molecular complexity index is 3710. The Hall–Kier alpha value is -7.20. The highest BCUT2D eigenvalue weighted by atomic mass is 32.1. The maximum atomic E-state index is 2.64. The van der Waals surface area contributed by atoms with Crippen molar-refractivity contribution < 1.29 is 0 Å². The molecule has 0 spiro atoms. The van der Waals surface area contributed by atoms with Crippen LogP contribution < -0.4 is 19.6 Å². The van der Waals surface area contributed by atoms with Crippen LogP contribution >= 0.6 is 45.3 Å². The van der Waals surface area contributed by atoms with Gasteiger partial charge in [0.2, 0.25) is 0 Å². The number of rotatable bonds is 12. The van der Waals surface area contributed by atoms with Crippen molar-refractivity contribution in [2.75, 3.05) is 19.6 Å². The third kappa shape index (κ3) is 8.39. The van der Waals surface area contributed by atoms with Gasteiger partial charge in [-0.05, 0) is 211 Å². The summed E-state index contributed by atoms with van der Waals surface area (Å²) < 4.78 is 0. The number of thiophene rings is 4. The lowest BCUT2D eigenvalue weighted by atomic mass is 9.88. The van der Waals surface area contributed by atoms with E-state index >= 15 is 0 Å². The van der Waals surface area contributed by atoms with E-state index in [0.29, 0.717) is 0 Å². The molecule has 0 atom stereocenters. The molecule has 8 heteroatoms. The van der Waals surface area contributed by atoms with E-state index in [9.17, 15) is 0 Å². The number of anilines is 12. The van der Waals surface area contributed by atoms with Gasteiger partial charge in [0.05, 0.1) is 68.2 Å². The van der Waals surface area contributed by atoms with Gasteiger partial charge in [-0.1, -0.05) is 97.1 Å². The van der Waals surface area contributed by atoms with E-state index in [-0.39, 0.29) is 0 Å². The first kappa shape index (κ1) is 53.4. The van der Waals surface area contributed by atoms with E-state index in [1.165, 1.54) is 164 Å². The summed E-state index contributed by atoms with van der Waals surface area (Å²) in [7, 11) is 0. The molecule has 4 heterocycles. The highest BCUT2D eigenvalue weighted by Crippen LogP contribution is 2.59. The second-order valence-corrected chi connectivity index (χ2v) is 26.8. The van der Waals surface area contributed by atoms with Crippen LogP contribution in [0, 0.1) is 111 Å². The second-order valence-electron chi connectivity index (χ2n) is 22.5. The molecular formula is C72H70N4S4. The Labute approximate surface area is 489 Å². The summed E-state index contributed by atoms with van der Waals surface area (Å²) in [5, 5.41) is 16.7. The Balaban J connectivity index is 1.37. The molecule has 12 aromatic rings. The van der Waals surface area contributed by atoms with Crippen LogP contribution in [0.2, 0.25) is 0 Å². The zero-order chi connectivity index (χ0) is 56.3. The molecule has 0 fully saturated rings. The first-order chi connectivity index (χ1) is 38.4. The molecule has 80 heavy (non-hydrogen) atoms. The lowest BCUT2D eigenvalue weighted by molar-refractivity contribution is 1.19. The summed E-state index contributed by atoms with van der Waals surface area (Å²) >= 11 is 7.36. The van der Waals surface area contributed by atoms with Gasteiger partial charge in [0, 0.05) is 51.8 Å². The van der Waals surface area contributed by atoms with E-state index in [1.54, 1.807) is 0 Å². The average molecular weight is 1120 g/mol. The van der Waals surface area contributed by atoms with Crippen LogP contribution in [0.15, 0.2) is 131 Å². The molecule has 12 rings (SSSR count). The summed E-state index contributed by atoms with van der Waals surface area (Å²) in [4.78, 5) is 15.7. The standard InChI is InChI=1S/C72H70N4S4/c1-39-21-17-22-40(2)65(39)73(69-47(9)35-77-51(69)13)59-33-60(74(70-48(10)36-78-52(70)14)66-41(3)23-18-24-42(66)4)56-31-32-58-62(76(72-50(12)38-80-54(72)16)68-45(7)27-20-28-46(68)8)34-61(57-30-29-55(59)63(56)64(57)58)75(71-49(11)37-79-53(71)15)67-43(5)25-19-26-44(67)6/h17-38H,1-16H3. The summed E-state index contributed by atoms with van der Waals surface area (Å²) in [6.45, 7) is 36.7. The lowest BCUT2D eigenvalue weighted by Crippen LogP contribution is -2.19. The van der Waals surface area contributed by atoms with Gasteiger partial charge in [0.15, 0.2) is 0 Å². The number of nitrogens with zero attached hydrogens (tertiary/aromatic N) is 4. The molecule has 0 aliphatic heterocycles. The van der Waals surface area contributed by atoms with E-state index in [1.807, 2.05) is 45.3 Å². The number of benzene rings is 8. The van der Waals surface area contributed by atoms with Crippen LogP contribution in [-0.4, -0.2) is 0 Å². The number of aryl methyl sites for hydroxylation is 16. The van der Waals surface area contributed by atoms with Gasteiger partial charge in [0.1, 0.15) is 0 Å². The fraction of sp³-hybridized carbons (Fsp3) is 0.222. The summed E-state index contributed by atoms with van der Waals surface area (Å²) in [6, 6.07) is 42.1. The minimum absolute atomic E-state index is 1.16. The van der Waals surface area contributed by atoms with Crippen molar-refractivity contribution in [3.63, 3.8) is 0 Å². The first-order valence-electron chi connectivity index (χ1n) is 27.8. The van der Waals surface area contributed by atoms with Gasteiger partial charge in [0.25, 0.3) is 0 Å². The maximum Gasteiger partial charge on any atom is 0.0627 e. The predicted octanol–water partition coefficient (Wildman–Crippen LogP) is 23.6. The van der Waals surface area contributed by atoms with Crippen molar-refractivity contribution in [2.45, 2.75) is 111 Å². The summed E-state index contributed by atoms with van der Waals surface area (Å²) in [6.07, 6.45) is 0.